The standard InChI is InChI=1S/C4H12N2O2S/c5-8-2-4(7)1-6-3-9/h4,6-7,9H,1-3,5H2/t4-/m0/s1. The number of nitrogens with one attached hydrogen (secondary N) is 1. The molecule has 0 aliphatic rings. The third-order valence-corrected chi connectivity index (χ3v) is 1.00. The van der Waals surface area contributed by atoms with Gasteiger partial charge < -0.3 is 15.3 Å². The van der Waals surface area contributed by atoms with Gasteiger partial charge in [0.2, 0.25) is 0 Å². The lowest BCUT2D eigenvalue weighted by molar-refractivity contribution is 0.0377. The molecule has 0 radical (unpaired) electrons. The van der Waals surface area contributed by atoms with Crippen LogP contribution in [0.4, 0.5) is 0 Å². The maximum atomic E-state index is 8.88. The molecule has 0 spiro atoms. The molecule has 0 rings (SSSR count). The molecule has 0 unspecified atom stereocenters. The highest BCUT2D eigenvalue weighted by Gasteiger charge is 2.00. The van der Waals surface area contributed by atoms with Crippen LogP contribution < -0.4 is 11.2 Å². The van der Waals surface area contributed by atoms with Crippen LogP contribution in [0.25, 0.3) is 0 Å². The monoisotopic (exact) mass is 152 g/mol. The lowest BCUT2D eigenvalue weighted by Gasteiger charge is -2.07. The predicted octanol–water partition coefficient (Wildman–Crippen LogP) is -1.29. The van der Waals surface area contributed by atoms with E-state index in [2.05, 4.69) is 22.8 Å². The Morgan fingerprint density at radius 2 is 2.44 bits per heavy atom. The zero-order chi connectivity index (χ0) is 7.11. The Balaban J connectivity index is 2.95. The first-order valence-electron chi connectivity index (χ1n) is 2.62. The van der Waals surface area contributed by atoms with Gasteiger partial charge in [0.1, 0.15) is 0 Å². The summed E-state index contributed by atoms with van der Waals surface area (Å²) in [5.41, 5.74) is 0. The van der Waals surface area contributed by atoms with Gasteiger partial charge in [0.05, 0.1) is 12.7 Å². The second-order valence-corrected chi connectivity index (χ2v) is 1.92. The van der Waals surface area contributed by atoms with E-state index < -0.39 is 6.10 Å². The van der Waals surface area contributed by atoms with Crippen molar-refractivity contribution in [2.24, 2.45) is 5.90 Å². The molecule has 56 valence electrons. The Labute approximate surface area is 59.7 Å². The second-order valence-electron chi connectivity index (χ2n) is 1.60. The Morgan fingerprint density at radius 1 is 1.78 bits per heavy atom. The fourth-order valence-corrected chi connectivity index (χ4v) is 0.530. The van der Waals surface area contributed by atoms with Gasteiger partial charge in [-0.15, -0.1) is 0 Å². The van der Waals surface area contributed by atoms with Crippen LogP contribution in [0.3, 0.4) is 0 Å². The maximum absolute atomic E-state index is 8.88. The molecule has 0 saturated carbocycles. The minimum absolute atomic E-state index is 0.154. The normalized spacial score (nSPS) is 13.7. The molecule has 0 saturated heterocycles. The highest BCUT2D eigenvalue weighted by molar-refractivity contribution is 7.80. The van der Waals surface area contributed by atoms with Gasteiger partial charge >= 0.3 is 0 Å². The van der Waals surface area contributed by atoms with Gasteiger partial charge in [-0.3, -0.25) is 0 Å². The van der Waals surface area contributed by atoms with E-state index in [9.17, 15) is 0 Å². The molecule has 0 heterocycles. The number of aliphatic hydroxyl groups excluding tert-OH is 1. The quantitative estimate of drug-likeness (QED) is 0.225. The minimum atomic E-state index is -0.540. The summed E-state index contributed by atoms with van der Waals surface area (Å²) in [5, 5.41) is 11.7. The number of rotatable bonds is 5. The Bertz CT molecular complexity index is 64.5. The molecule has 0 aliphatic heterocycles. The molecule has 5 heteroatoms. The van der Waals surface area contributed by atoms with Crippen molar-refractivity contribution in [3.63, 3.8) is 0 Å². The molecule has 0 fully saturated rings. The zero-order valence-electron chi connectivity index (χ0n) is 5.08. The topological polar surface area (TPSA) is 67.5 Å². The van der Waals surface area contributed by atoms with Crippen molar-refractivity contribution in [2.75, 3.05) is 19.0 Å². The van der Waals surface area contributed by atoms with Crippen molar-refractivity contribution in [3.05, 3.63) is 0 Å². The molecule has 0 aliphatic carbocycles. The van der Waals surface area contributed by atoms with Crippen molar-refractivity contribution in [3.8, 4) is 0 Å². The van der Waals surface area contributed by atoms with Crippen LogP contribution in [0, 0.1) is 0 Å². The summed E-state index contributed by atoms with van der Waals surface area (Å²) in [6, 6.07) is 0. The van der Waals surface area contributed by atoms with Gasteiger partial charge in [-0.05, 0) is 0 Å². The fraction of sp³-hybridized carbons (Fsp3) is 1.00. The predicted molar refractivity (Wildman–Crippen MR) is 38.0 cm³/mol. The van der Waals surface area contributed by atoms with Crippen LogP contribution in [0.5, 0.6) is 0 Å². The fourth-order valence-electron chi connectivity index (χ4n) is 0.401. The zero-order valence-corrected chi connectivity index (χ0v) is 5.97. The number of thiol groups is 1. The van der Waals surface area contributed by atoms with Crippen molar-refractivity contribution >= 4 is 12.6 Å². The van der Waals surface area contributed by atoms with Crippen LogP contribution in [-0.2, 0) is 4.84 Å². The molecule has 9 heavy (non-hydrogen) atoms. The maximum Gasteiger partial charge on any atom is 0.0951 e. The van der Waals surface area contributed by atoms with Gasteiger partial charge in [0.25, 0.3) is 0 Å². The summed E-state index contributed by atoms with van der Waals surface area (Å²) in [6.07, 6.45) is -0.540. The lowest BCUT2D eigenvalue weighted by Crippen LogP contribution is -2.30. The van der Waals surface area contributed by atoms with Crippen LogP contribution in [0.15, 0.2) is 0 Å². The van der Waals surface area contributed by atoms with Gasteiger partial charge in [0, 0.05) is 12.4 Å². The van der Waals surface area contributed by atoms with E-state index >= 15 is 0 Å². The van der Waals surface area contributed by atoms with E-state index in [4.69, 9.17) is 11.0 Å². The molecule has 4 nitrogen and oxygen atoms in total. The van der Waals surface area contributed by atoms with Crippen LogP contribution in [-0.4, -0.2) is 30.2 Å². The van der Waals surface area contributed by atoms with Gasteiger partial charge in [-0.25, -0.2) is 5.90 Å². The Kier molecular flexibility index (Phi) is 6.45. The molecule has 1 atom stereocenters. The molecule has 4 N–H and O–H groups in total. The van der Waals surface area contributed by atoms with Crippen molar-refractivity contribution in [1.29, 1.82) is 0 Å². The van der Waals surface area contributed by atoms with E-state index in [0.717, 1.165) is 0 Å². The highest BCUT2D eigenvalue weighted by Crippen LogP contribution is 1.78. The van der Waals surface area contributed by atoms with Crippen molar-refractivity contribution in [1.82, 2.24) is 5.32 Å². The average Bonchev–Trinajstić information content (AvgIpc) is 1.85. The van der Waals surface area contributed by atoms with E-state index in [0.29, 0.717) is 12.4 Å². The smallest absolute Gasteiger partial charge is 0.0951 e. The summed E-state index contributed by atoms with van der Waals surface area (Å²) in [5.74, 6) is 5.24. The van der Waals surface area contributed by atoms with Crippen LogP contribution in [0.2, 0.25) is 0 Å². The van der Waals surface area contributed by atoms with Gasteiger partial charge in [-0.1, -0.05) is 0 Å². The average molecular weight is 152 g/mol. The van der Waals surface area contributed by atoms with Crippen LogP contribution >= 0.6 is 12.6 Å². The Morgan fingerprint density at radius 3 is 2.89 bits per heavy atom. The molecule has 0 aromatic heterocycles. The first-order chi connectivity index (χ1) is 4.31. The number of nitrogens with two attached hydrogens (primary N) is 1. The second kappa shape index (κ2) is 6.31. The van der Waals surface area contributed by atoms with Crippen LogP contribution in [0.1, 0.15) is 0 Å². The van der Waals surface area contributed by atoms with Crippen molar-refractivity contribution in [2.45, 2.75) is 6.10 Å². The van der Waals surface area contributed by atoms with E-state index in [1.54, 1.807) is 0 Å². The third kappa shape index (κ3) is 6.07. The summed E-state index contributed by atoms with van der Waals surface area (Å²) in [7, 11) is 0. The highest BCUT2D eigenvalue weighted by atomic mass is 32.1. The molecule has 0 aromatic carbocycles. The SMILES string of the molecule is NOC[C@@H](O)CNCS. The van der Waals surface area contributed by atoms with E-state index in [-0.39, 0.29) is 6.61 Å². The number of hydrogen-bond donors (Lipinski definition) is 4. The van der Waals surface area contributed by atoms with Gasteiger partial charge in [0.15, 0.2) is 0 Å². The summed E-state index contributed by atoms with van der Waals surface area (Å²) >= 11 is 3.87. The first-order valence-corrected chi connectivity index (χ1v) is 3.25. The number of hydrogen-bond acceptors (Lipinski definition) is 5. The summed E-state index contributed by atoms with van der Waals surface area (Å²) in [4.78, 5) is 4.19. The Hall–Kier alpha value is 0.190. The molecule has 0 aromatic rings. The summed E-state index contributed by atoms with van der Waals surface area (Å²) in [6.45, 7) is 0.613. The summed E-state index contributed by atoms with van der Waals surface area (Å²) < 4.78 is 0. The third-order valence-electron chi connectivity index (χ3n) is 0.780. The first kappa shape index (κ1) is 9.19. The van der Waals surface area contributed by atoms with Crippen molar-refractivity contribution < 1.29 is 9.94 Å². The molecular formula is C4H12N2O2S. The molecule has 0 amide bonds. The number of aliphatic hydroxyl groups is 1. The lowest BCUT2D eigenvalue weighted by atomic mass is 10.4. The molecular weight excluding hydrogens is 140 g/mol. The molecule has 0 bridgehead atoms. The minimum Gasteiger partial charge on any atom is -0.389 e. The van der Waals surface area contributed by atoms with E-state index in [1.165, 1.54) is 0 Å². The van der Waals surface area contributed by atoms with E-state index in [1.807, 2.05) is 0 Å². The largest absolute Gasteiger partial charge is 0.389 e. The van der Waals surface area contributed by atoms with Gasteiger partial charge in [-0.2, -0.15) is 12.6 Å².